The van der Waals surface area contributed by atoms with Crippen molar-refractivity contribution >= 4 is 29.0 Å². The molecule has 1 heterocycles. The van der Waals surface area contributed by atoms with E-state index in [1.165, 1.54) is 0 Å². The molecule has 3 rings (SSSR count). The summed E-state index contributed by atoms with van der Waals surface area (Å²) in [4.78, 5) is 0. The molecule has 0 fully saturated rings. The molecule has 0 bridgehead atoms. The van der Waals surface area contributed by atoms with Gasteiger partial charge in [-0.25, -0.2) is 0 Å². The van der Waals surface area contributed by atoms with Gasteiger partial charge in [0.2, 0.25) is 0 Å². The second kappa shape index (κ2) is 4.17. The minimum Gasteiger partial charge on any atom is -0.457 e. The molecule has 84 valence electrons. The number of thiol groups is 1. The number of rotatable bonds is 1. The molecule has 17 heavy (non-hydrogen) atoms. The van der Waals surface area contributed by atoms with Gasteiger partial charge in [0, 0.05) is 11.1 Å². The fourth-order valence-corrected chi connectivity index (χ4v) is 2.71. The zero-order valence-corrected chi connectivity index (χ0v) is 10.7. The fourth-order valence-electron chi connectivity index (χ4n) is 2.18. The van der Waals surface area contributed by atoms with Crippen molar-refractivity contribution < 1.29 is 4.74 Å². The molecule has 0 spiro atoms. The zero-order chi connectivity index (χ0) is 11.8. The minimum atomic E-state index is 0.0366. The van der Waals surface area contributed by atoms with E-state index in [0.29, 0.717) is 4.20 Å². The predicted molar refractivity (Wildman–Crippen MR) is 76.4 cm³/mol. The lowest BCUT2D eigenvalue weighted by molar-refractivity contribution is 0.457. The molecule has 2 aromatic rings. The van der Waals surface area contributed by atoms with Gasteiger partial charge in [-0.1, -0.05) is 48.6 Å². The average molecular weight is 258 g/mol. The third-order valence-corrected chi connectivity index (χ3v) is 3.42. The molecule has 2 aromatic carbocycles. The summed E-state index contributed by atoms with van der Waals surface area (Å²) >= 11 is 9.64. The fraction of sp³-hybridized carbons (Fsp3) is 0.0714. The molecular formula is C14H10OS2. The number of fused-ring (bicyclic) bond motifs is 2. The molecule has 3 heteroatoms. The van der Waals surface area contributed by atoms with Crippen LogP contribution in [0.25, 0.3) is 0 Å². The van der Waals surface area contributed by atoms with Crippen LogP contribution in [0.4, 0.5) is 0 Å². The van der Waals surface area contributed by atoms with Crippen molar-refractivity contribution in [1.82, 2.24) is 0 Å². The molecule has 0 aromatic heterocycles. The van der Waals surface area contributed by atoms with Crippen LogP contribution in [0.1, 0.15) is 17.0 Å². The molecule has 0 unspecified atom stereocenters. The van der Waals surface area contributed by atoms with Gasteiger partial charge in [0.15, 0.2) is 0 Å². The van der Waals surface area contributed by atoms with Crippen molar-refractivity contribution in [2.75, 3.05) is 0 Å². The van der Waals surface area contributed by atoms with E-state index in [9.17, 15) is 0 Å². The highest BCUT2D eigenvalue weighted by Crippen LogP contribution is 2.44. The van der Waals surface area contributed by atoms with Crippen molar-refractivity contribution in [3.05, 3.63) is 59.7 Å². The lowest BCUT2D eigenvalue weighted by Crippen LogP contribution is -2.14. The molecule has 0 amide bonds. The maximum atomic E-state index is 5.86. The van der Waals surface area contributed by atoms with Gasteiger partial charge >= 0.3 is 0 Å². The van der Waals surface area contributed by atoms with Gasteiger partial charge < -0.3 is 4.74 Å². The van der Waals surface area contributed by atoms with Crippen LogP contribution >= 0.6 is 24.8 Å². The third kappa shape index (κ3) is 1.75. The summed E-state index contributed by atoms with van der Waals surface area (Å²) in [6.07, 6.45) is 0. The van der Waals surface area contributed by atoms with Crippen molar-refractivity contribution in [2.24, 2.45) is 0 Å². The maximum Gasteiger partial charge on any atom is 0.131 e. The SMILES string of the molecule is S=C(S)C1c2ccccc2Oc2ccccc21. The van der Waals surface area contributed by atoms with E-state index in [2.05, 4.69) is 12.6 Å². The lowest BCUT2D eigenvalue weighted by Gasteiger charge is -2.27. The summed E-state index contributed by atoms with van der Waals surface area (Å²) in [5, 5.41) is 0. The van der Waals surface area contributed by atoms with Crippen molar-refractivity contribution in [1.29, 1.82) is 0 Å². The van der Waals surface area contributed by atoms with E-state index in [0.717, 1.165) is 22.6 Å². The topological polar surface area (TPSA) is 9.23 Å². The van der Waals surface area contributed by atoms with Gasteiger partial charge in [-0.05, 0) is 12.1 Å². The Balaban J connectivity index is 2.24. The molecule has 1 aliphatic rings. The van der Waals surface area contributed by atoms with Crippen LogP contribution < -0.4 is 4.74 Å². The minimum absolute atomic E-state index is 0.0366. The van der Waals surface area contributed by atoms with Gasteiger partial charge in [0.1, 0.15) is 11.5 Å². The lowest BCUT2D eigenvalue weighted by atomic mass is 9.89. The largest absolute Gasteiger partial charge is 0.457 e. The van der Waals surface area contributed by atoms with Crippen LogP contribution in [0.5, 0.6) is 11.5 Å². The summed E-state index contributed by atoms with van der Waals surface area (Å²) in [6.45, 7) is 0. The number of thiocarbonyl (C=S) groups is 1. The van der Waals surface area contributed by atoms with Crippen LogP contribution in [-0.4, -0.2) is 4.20 Å². The third-order valence-electron chi connectivity index (χ3n) is 2.93. The predicted octanol–water partition coefficient (Wildman–Crippen LogP) is 4.18. The Hall–Kier alpha value is -1.32. The Kier molecular flexibility index (Phi) is 2.65. The van der Waals surface area contributed by atoms with E-state index in [-0.39, 0.29) is 5.92 Å². The first kappa shape index (κ1) is 10.8. The zero-order valence-electron chi connectivity index (χ0n) is 8.96. The second-order valence-electron chi connectivity index (χ2n) is 3.95. The van der Waals surface area contributed by atoms with E-state index in [1.54, 1.807) is 0 Å². The summed E-state index contributed by atoms with van der Waals surface area (Å²) in [7, 11) is 0. The molecule has 0 saturated heterocycles. The monoisotopic (exact) mass is 258 g/mol. The quantitative estimate of drug-likeness (QED) is 0.607. The summed E-state index contributed by atoms with van der Waals surface area (Å²) in [5.41, 5.74) is 2.18. The molecule has 0 aliphatic carbocycles. The highest BCUT2D eigenvalue weighted by atomic mass is 32.1. The van der Waals surface area contributed by atoms with E-state index >= 15 is 0 Å². The second-order valence-corrected chi connectivity index (χ2v) is 5.17. The first-order valence-corrected chi connectivity index (χ1v) is 6.21. The molecule has 0 radical (unpaired) electrons. The first-order valence-electron chi connectivity index (χ1n) is 5.36. The normalized spacial score (nSPS) is 13.5. The molecule has 0 atom stereocenters. The highest BCUT2D eigenvalue weighted by molar-refractivity contribution is 8.11. The molecule has 0 saturated carbocycles. The van der Waals surface area contributed by atoms with E-state index in [4.69, 9.17) is 17.0 Å². The van der Waals surface area contributed by atoms with Crippen molar-refractivity contribution in [2.45, 2.75) is 5.92 Å². The number of hydrogen-bond donors (Lipinski definition) is 1. The van der Waals surface area contributed by atoms with Crippen molar-refractivity contribution in [3.63, 3.8) is 0 Å². The Morgan fingerprint density at radius 3 is 1.88 bits per heavy atom. The number of hydrogen-bond acceptors (Lipinski definition) is 2. The van der Waals surface area contributed by atoms with E-state index in [1.807, 2.05) is 48.5 Å². The Labute approximate surface area is 111 Å². The highest BCUT2D eigenvalue weighted by Gasteiger charge is 2.28. The van der Waals surface area contributed by atoms with Gasteiger partial charge in [0.25, 0.3) is 0 Å². The van der Waals surface area contributed by atoms with Gasteiger partial charge in [-0.15, -0.1) is 12.6 Å². The molecule has 0 N–H and O–H groups in total. The standard InChI is InChI=1S/C14H10OS2/c16-14(17)13-9-5-1-3-7-11(9)15-12-8-4-2-6-10(12)13/h1-8,13H,(H,16,17). The van der Waals surface area contributed by atoms with Crippen LogP contribution in [0.3, 0.4) is 0 Å². The van der Waals surface area contributed by atoms with Crippen molar-refractivity contribution in [3.8, 4) is 11.5 Å². The number of para-hydroxylation sites is 2. The van der Waals surface area contributed by atoms with Crippen LogP contribution in [0.15, 0.2) is 48.5 Å². The molecule has 1 aliphatic heterocycles. The van der Waals surface area contributed by atoms with Gasteiger partial charge in [-0.3, -0.25) is 0 Å². The van der Waals surface area contributed by atoms with Crippen LogP contribution in [0, 0.1) is 0 Å². The Bertz CT molecular complexity index is 547. The average Bonchev–Trinajstić information content (AvgIpc) is 2.35. The summed E-state index contributed by atoms with van der Waals surface area (Å²) in [5.74, 6) is 1.77. The van der Waals surface area contributed by atoms with E-state index < -0.39 is 0 Å². The Morgan fingerprint density at radius 2 is 1.41 bits per heavy atom. The molecular weight excluding hydrogens is 248 g/mol. The van der Waals surface area contributed by atoms with Crippen LogP contribution in [0.2, 0.25) is 0 Å². The first-order chi connectivity index (χ1) is 8.27. The van der Waals surface area contributed by atoms with Gasteiger partial charge in [-0.2, -0.15) is 0 Å². The summed E-state index contributed by atoms with van der Waals surface area (Å²) in [6, 6.07) is 15.9. The summed E-state index contributed by atoms with van der Waals surface area (Å²) < 4.78 is 6.54. The Morgan fingerprint density at radius 1 is 0.941 bits per heavy atom. The number of ether oxygens (including phenoxy) is 1. The number of benzene rings is 2. The van der Waals surface area contributed by atoms with Crippen LogP contribution in [-0.2, 0) is 0 Å². The maximum absolute atomic E-state index is 5.86. The van der Waals surface area contributed by atoms with Gasteiger partial charge in [0.05, 0.1) is 10.1 Å². The smallest absolute Gasteiger partial charge is 0.131 e. The molecule has 1 nitrogen and oxygen atoms in total.